The van der Waals surface area contributed by atoms with E-state index in [1.165, 1.54) is 5.56 Å². The van der Waals surface area contributed by atoms with Gasteiger partial charge in [0.05, 0.1) is 6.54 Å². The molecule has 1 aromatic heterocycles. The van der Waals surface area contributed by atoms with Crippen molar-refractivity contribution < 1.29 is 9.53 Å². The van der Waals surface area contributed by atoms with Crippen LogP contribution >= 0.6 is 0 Å². The van der Waals surface area contributed by atoms with Crippen molar-refractivity contribution in [2.45, 2.75) is 38.2 Å². The Labute approximate surface area is 142 Å². The number of carbonyl (C=O) groups excluding carboxylic acids is 1. The Morgan fingerprint density at radius 1 is 1.17 bits per heavy atom. The quantitative estimate of drug-likeness (QED) is 0.735. The van der Waals surface area contributed by atoms with Gasteiger partial charge in [0, 0.05) is 31.6 Å². The fraction of sp³-hybridized carbons (Fsp3) is 0.421. The van der Waals surface area contributed by atoms with Gasteiger partial charge in [-0.1, -0.05) is 30.3 Å². The SMILES string of the molecule is O=C(CCCCc1ccccc1)N1CCC(Oc2cccnn2)C1. The highest BCUT2D eigenvalue weighted by molar-refractivity contribution is 5.76. The summed E-state index contributed by atoms with van der Waals surface area (Å²) in [5, 5.41) is 7.73. The van der Waals surface area contributed by atoms with Crippen LogP contribution in [0, 0.1) is 0 Å². The summed E-state index contributed by atoms with van der Waals surface area (Å²) in [4.78, 5) is 14.2. The normalized spacial score (nSPS) is 17.0. The maximum absolute atomic E-state index is 12.3. The first-order valence-corrected chi connectivity index (χ1v) is 8.57. The van der Waals surface area contributed by atoms with E-state index in [4.69, 9.17) is 4.74 Å². The smallest absolute Gasteiger partial charge is 0.233 e. The number of hydrogen-bond donors (Lipinski definition) is 0. The van der Waals surface area contributed by atoms with E-state index in [0.29, 0.717) is 18.8 Å². The van der Waals surface area contributed by atoms with Gasteiger partial charge in [0.1, 0.15) is 6.10 Å². The molecule has 0 saturated carbocycles. The second-order valence-electron chi connectivity index (χ2n) is 6.12. The second-order valence-corrected chi connectivity index (χ2v) is 6.12. The van der Waals surface area contributed by atoms with Gasteiger partial charge in [0.15, 0.2) is 0 Å². The average molecular weight is 325 g/mol. The highest BCUT2D eigenvalue weighted by atomic mass is 16.5. The molecule has 1 fully saturated rings. The number of aryl methyl sites for hydroxylation is 1. The van der Waals surface area contributed by atoms with Gasteiger partial charge in [-0.15, -0.1) is 5.10 Å². The lowest BCUT2D eigenvalue weighted by atomic mass is 10.1. The highest BCUT2D eigenvalue weighted by Gasteiger charge is 2.27. The zero-order chi connectivity index (χ0) is 16.6. The van der Waals surface area contributed by atoms with Gasteiger partial charge in [-0.25, -0.2) is 0 Å². The first kappa shape index (κ1) is 16.4. The molecule has 0 bridgehead atoms. The minimum Gasteiger partial charge on any atom is -0.471 e. The predicted octanol–water partition coefficient (Wildman–Crippen LogP) is 2.87. The van der Waals surface area contributed by atoms with Gasteiger partial charge < -0.3 is 9.64 Å². The number of carbonyl (C=O) groups is 1. The molecule has 3 rings (SSSR count). The first-order valence-electron chi connectivity index (χ1n) is 8.57. The van der Waals surface area contributed by atoms with Gasteiger partial charge in [-0.2, -0.15) is 5.10 Å². The maximum atomic E-state index is 12.3. The van der Waals surface area contributed by atoms with Crippen molar-refractivity contribution in [2.24, 2.45) is 0 Å². The Morgan fingerprint density at radius 2 is 2.04 bits per heavy atom. The van der Waals surface area contributed by atoms with E-state index in [2.05, 4.69) is 34.5 Å². The minimum atomic E-state index is 0.0231. The van der Waals surface area contributed by atoms with Crippen LogP contribution in [0.15, 0.2) is 48.7 Å². The Bertz CT molecular complexity index is 634. The van der Waals surface area contributed by atoms with Crippen molar-refractivity contribution >= 4 is 5.91 Å². The summed E-state index contributed by atoms with van der Waals surface area (Å²) in [6.07, 6.45) is 6.12. The van der Waals surface area contributed by atoms with Gasteiger partial charge in [0.25, 0.3) is 0 Å². The second kappa shape index (κ2) is 8.43. The van der Waals surface area contributed by atoms with Gasteiger partial charge in [-0.3, -0.25) is 4.79 Å². The standard InChI is InChI=1S/C19H23N3O2/c23-19(11-5-4-9-16-7-2-1-3-8-16)22-14-12-17(15-22)24-18-10-6-13-20-21-18/h1-3,6-8,10,13,17H,4-5,9,11-12,14-15H2. The first-order chi connectivity index (χ1) is 11.8. The van der Waals surface area contributed by atoms with E-state index in [0.717, 1.165) is 32.2 Å². The third-order valence-electron chi connectivity index (χ3n) is 4.28. The molecule has 1 aliphatic rings. The predicted molar refractivity (Wildman–Crippen MR) is 91.6 cm³/mol. The van der Waals surface area contributed by atoms with Crippen molar-refractivity contribution in [3.8, 4) is 5.88 Å². The van der Waals surface area contributed by atoms with Crippen LogP contribution in [0.3, 0.4) is 0 Å². The molecule has 1 saturated heterocycles. The molecule has 24 heavy (non-hydrogen) atoms. The molecular weight excluding hydrogens is 302 g/mol. The lowest BCUT2D eigenvalue weighted by Gasteiger charge is -2.16. The maximum Gasteiger partial charge on any atom is 0.233 e. The van der Waals surface area contributed by atoms with Crippen LogP contribution in [0.2, 0.25) is 0 Å². The number of aromatic nitrogens is 2. The van der Waals surface area contributed by atoms with Crippen molar-refractivity contribution in [3.05, 3.63) is 54.2 Å². The summed E-state index contributed by atoms with van der Waals surface area (Å²) >= 11 is 0. The lowest BCUT2D eigenvalue weighted by molar-refractivity contribution is -0.130. The van der Waals surface area contributed by atoms with E-state index in [9.17, 15) is 4.79 Å². The molecule has 1 aromatic carbocycles. The summed E-state index contributed by atoms with van der Waals surface area (Å²) in [5.41, 5.74) is 1.34. The van der Waals surface area contributed by atoms with E-state index >= 15 is 0 Å². The molecule has 5 nitrogen and oxygen atoms in total. The van der Waals surface area contributed by atoms with Gasteiger partial charge in [-0.05, 0) is 30.9 Å². The molecule has 2 heterocycles. The number of rotatable bonds is 7. The van der Waals surface area contributed by atoms with Crippen molar-refractivity contribution in [3.63, 3.8) is 0 Å². The molecule has 126 valence electrons. The summed E-state index contributed by atoms with van der Waals surface area (Å²) < 4.78 is 5.77. The lowest BCUT2D eigenvalue weighted by Crippen LogP contribution is -2.30. The zero-order valence-electron chi connectivity index (χ0n) is 13.8. The van der Waals surface area contributed by atoms with E-state index in [1.54, 1.807) is 18.3 Å². The fourth-order valence-corrected chi connectivity index (χ4v) is 2.98. The molecule has 0 N–H and O–H groups in total. The molecule has 1 unspecified atom stereocenters. The Morgan fingerprint density at radius 3 is 2.83 bits per heavy atom. The third kappa shape index (κ3) is 4.78. The van der Waals surface area contributed by atoms with Gasteiger partial charge in [0.2, 0.25) is 11.8 Å². The molecule has 2 aromatic rings. The van der Waals surface area contributed by atoms with Crippen LogP contribution in [-0.4, -0.2) is 40.2 Å². The largest absolute Gasteiger partial charge is 0.471 e. The molecule has 1 atom stereocenters. The Kier molecular flexibility index (Phi) is 5.77. The van der Waals surface area contributed by atoms with Crippen LogP contribution in [0.5, 0.6) is 5.88 Å². The average Bonchev–Trinajstić information content (AvgIpc) is 3.09. The van der Waals surface area contributed by atoms with Crippen molar-refractivity contribution in [2.75, 3.05) is 13.1 Å². The molecule has 5 heteroatoms. The highest BCUT2D eigenvalue weighted by Crippen LogP contribution is 2.17. The number of amides is 1. The van der Waals surface area contributed by atoms with E-state index in [-0.39, 0.29) is 12.0 Å². The molecular formula is C19H23N3O2. The van der Waals surface area contributed by atoms with Crippen molar-refractivity contribution in [1.82, 2.24) is 15.1 Å². The van der Waals surface area contributed by atoms with Crippen LogP contribution < -0.4 is 4.74 Å². The molecule has 0 radical (unpaired) electrons. The zero-order valence-corrected chi connectivity index (χ0v) is 13.8. The molecule has 1 aliphatic heterocycles. The summed E-state index contributed by atoms with van der Waals surface area (Å²) in [6, 6.07) is 14.0. The minimum absolute atomic E-state index is 0.0231. The number of unbranched alkanes of at least 4 members (excludes halogenated alkanes) is 1. The third-order valence-corrected chi connectivity index (χ3v) is 4.28. The number of hydrogen-bond acceptors (Lipinski definition) is 4. The van der Waals surface area contributed by atoms with Crippen LogP contribution in [0.25, 0.3) is 0 Å². The van der Waals surface area contributed by atoms with Crippen LogP contribution in [-0.2, 0) is 11.2 Å². The number of ether oxygens (including phenoxy) is 1. The van der Waals surface area contributed by atoms with Crippen LogP contribution in [0.4, 0.5) is 0 Å². The summed E-state index contributed by atoms with van der Waals surface area (Å²) in [7, 11) is 0. The fourth-order valence-electron chi connectivity index (χ4n) is 2.98. The van der Waals surface area contributed by atoms with Crippen molar-refractivity contribution in [1.29, 1.82) is 0 Å². The Hall–Kier alpha value is -2.43. The topological polar surface area (TPSA) is 55.3 Å². The number of nitrogens with zero attached hydrogens (tertiary/aromatic N) is 3. The van der Waals surface area contributed by atoms with E-state index in [1.807, 2.05) is 11.0 Å². The number of likely N-dealkylation sites (tertiary alicyclic amines) is 1. The Balaban J connectivity index is 1.35. The molecule has 0 aliphatic carbocycles. The van der Waals surface area contributed by atoms with E-state index < -0.39 is 0 Å². The molecule has 1 amide bonds. The van der Waals surface area contributed by atoms with Gasteiger partial charge >= 0.3 is 0 Å². The van der Waals surface area contributed by atoms with Crippen LogP contribution in [0.1, 0.15) is 31.2 Å². The monoisotopic (exact) mass is 325 g/mol. The summed E-state index contributed by atoms with van der Waals surface area (Å²) in [6.45, 7) is 1.41. The number of benzene rings is 1. The molecule has 0 spiro atoms. The summed E-state index contributed by atoms with van der Waals surface area (Å²) in [5.74, 6) is 0.757.